The highest BCUT2D eigenvalue weighted by Gasteiger charge is 2.11. The van der Waals surface area contributed by atoms with Crippen LogP contribution in [0.5, 0.6) is 5.75 Å². The van der Waals surface area contributed by atoms with Gasteiger partial charge in [0.05, 0.1) is 17.6 Å². The van der Waals surface area contributed by atoms with Crippen LogP contribution < -0.4 is 10.1 Å². The number of hydrogen-bond acceptors (Lipinski definition) is 3. The van der Waals surface area contributed by atoms with Crippen LogP contribution in [0.2, 0.25) is 0 Å². The summed E-state index contributed by atoms with van der Waals surface area (Å²) in [6, 6.07) is 25.8. The molecule has 5 nitrogen and oxygen atoms in total. The van der Waals surface area contributed by atoms with Gasteiger partial charge in [-0.3, -0.25) is 4.79 Å². The van der Waals surface area contributed by atoms with Crippen LogP contribution in [0, 0.1) is 6.92 Å². The van der Waals surface area contributed by atoms with Gasteiger partial charge in [-0.25, -0.2) is 4.98 Å². The number of nitrogens with one attached hydrogen (secondary N) is 1. The number of hydrogen-bond donors (Lipinski definition) is 1. The van der Waals surface area contributed by atoms with Gasteiger partial charge < -0.3 is 14.6 Å². The number of para-hydroxylation sites is 3. The Morgan fingerprint density at radius 2 is 1.69 bits per heavy atom. The largest absolute Gasteiger partial charge is 0.494 e. The third-order valence-electron chi connectivity index (χ3n) is 5.45. The quantitative estimate of drug-likeness (QED) is 0.355. The number of benzene rings is 3. The monoisotopic (exact) mass is 427 g/mol. The SMILES string of the molecule is Cc1ccc(C(=O)NCCCc2nc3ccccc3n2CCCOc2ccccc2)cc1. The number of ether oxygens (including phenoxy) is 1. The van der Waals surface area contributed by atoms with E-state index in [1.54, 1.807) is 0 Å². The number of imidazole rings is 1. The molecule has 0 fully saturated rings. The van der Waals surface area contributed by atoms with E-state index in [9.17, 15) is 4.79 Å². The van der Waals surface area contributed by atoms with Crippen LogP contribution in [0.15, 0.2) is 78.9 Å². The molecule has 0 unspecified atom stereocenters. The summed E-state index contributed by atoms with van der Waals surface area (Å²) in [5, 5.41) is 3.02. The molecule has 0 spiro atoms. The molecule has 5 heteroatoms. The van der Waals surface area contributed by atoms with Gasteiger partial charge in [0, 0.05) is 25.1 Å². The maximum atomic E-state index is 12.3. The molecule has 0 atom stereocenters. The average molecular weight is 428 g/mol. The van der Waals surface area contributed by atoms with Crippen molar-refractivity contribution < 1.29 is 9.53 Å². The molecule has 4 rings (SSSR count). The molecule has 0 radical (unpaired) electrons. The molecular formula is C27H29N3O2. The summed E-state index contributed by atoms with van der Waals surface area (Å²) in [4.78, 5) is 17.2. The first-order valence-corrected chi connectivity index (χ1v) is 11.2. The Kier molecular flexibility index (Phi) is 7.18. The zero-order valence-electron chi connectivity index (χ0n) is 18.5. The van der Waals surface area contributed by atoms with Crippen molar-refractivity contribution in [3.05, 3.63) is 95.8 Å². The smallest absolute Gasteiger partial charge is 0.251 e. The highest BCUT2D eigenvalue weighted by atomic mass is 16.5. The third-order valence-corrected chi connectivity index (χ3v) is 5.45. The molecule has 1 heterocycles. The third kappa shape index (κ3) is 5.55. The van der Waals surface area contributed by atoms with E-state index in [1.165, 1.54) is 0 Å². The minimum Gasteiger partial charge on any atom is -0.494 e. The van der Waals surface area contributed by atoms with Crippen molar-refractivity contribution in [2.45, 2.75) is 32.7 Å². The summed E-state index contributed by atoms with van der Waals surface area (Å²) in [6.07, 6.45) is 2.54. The van der Waals surface area contributed by atoms with E-state index in [-0.39, 0.29) is 5.91 Å². The van der Waals surface area contributed by atoms with E-state index in [0.29, 0.717) is 18.7 Å². The van der Waals surface area contributed by atoms with Gasteiger partial charge in [-0.1, -0.05) is 48.0 Å². The number of carbonyl (C=O) groups is 1. The van der Waals surface area contributed by atoms with Crippen molar-refractivity contribution in [3.63, 3.8) is 0 Å². The zero-order chi connectivity index (χ0) is 22.2. The van der Waals surface area contributed by atoms with E-state index in [0.717, 1.165) is 54.0 Å². The van der Waals surface area contributed by atoms with E-state index < -0.39 is 0 Å². The molecule has 32 heavy (non-hydrogen) atoms. The molecule has 4 aromatic rings. The summed E-state index contributed by atoms with van der Waals surface area (Å²) in [6.45, 7) is 4.13. The molecule has 1 N–H and O–H groups in total. The Morgan fingerprint density at radius 1 is 0.938 bits per heavy atom. The van der Waals surface area contributed by atoms with Gasteiger partial charge in [0.15, 0.2) is 0 Å². The molecule has 1 amide bonds. The molecule has 0 aliphatic heterocycles. The molecular weight excluding hydrogens is 398 g/mol. The predicted molar refractivity (Wildman–Crippen MR) is 128 cm³/mol. The minimum absolute atomic E-state index is 0.0310. The Bertz CT molecular complexity index is 1150. The second kappa shape index (κ2) is 10.6. The highest BCUT2D eigenvalue weighted by molar-refractivity contribution is 5.94. The fourth-order valence-electron chi connectivity index (χ4n) is 3.75. The van der Waals surface area contributed by atoms with Crippen molar-refractivity contribution in [1.29, 1.82) is 0 Å². The molecule has 1 aromatic heterocycles. The summed E-state index contributed by atoms with van der Waals surface area (Å²) in [5.41, 5.74) is 4.00. The Hall–Kier alpha value is -3.60. The number of amides is 1. The number of aryl methyl sites for hydroxylation is 3. The minimum atomic E-state index is -0.0310. The predicted octanol–water partition coefficient (Wildman–Crippen LogP) is 5.18. The number of aromatic nitrogens is 2. The number of carbonyl (C=O) groups excluding carboxylic acids is 1. The van der Waals surface area contributed by atoms with Crippen molar-refractivity contribution in [1.82, 2.24) is 14.9 Å². The molecule has 3 aromatic carbocycles. The first kappa shape index (κ1) is 21.6. The lowest BCUT2D eigenvalue weighted by molar-refractivity contribution is 0.0953. The fraction of sp³-hybridized carbons (Fsp3) is 0.259. The first-order valence-electron chi connectivity index (χ1n) is 11.2. The molecule has 0 aliphatic carbocycles. The van der Waals surface area contributed by atoms with Gasteiger partial charge in [-0.2, -0.15) is 0 Å². The molecule has 164 valence electrons. The van der Waals surface area contributed by atoms with Crippen molar-refractivity contribution in [2.75, 3.05) is 13.2 Å². The summed E-state index contributed by atoms with van der Waals surface area (Å²) in [7, 11) is 0. The van der Waals surface area contributed by atoms with E-state index in [1.807, 2.05) is 73.7 Å². The Morgan fingerprint density at radius 3 is 2.50 bits per heavy atom. The van der Waals surface area contributed by atoms with Crippen LogP contribution in [0.3, 0.4) is 0 Å². The molecule has 0 bridgehead atoms. The fourth-order valence-corrected chi connectivity index (χ4v) is 3.75. The van der Waals surface area contributed by atoms with Crippen molar-refractivity contribution >= 4 is 16.9 Å². The van der Waals surface area contributed by atoms with Crippen molar-refractivity contribution in [3.8, 4) is 5.75 Å². The lowest BCUT2D eigenvalue weighted by atomic mass is 10.1. The van der Waals surface area contributed by atoms with Gasteiger partial charge in [0.2, 0.25) is 0 Å². The van der Waals surface area contributed by atoms with Crippen LogP contribution in [0.25, 0.3) is 11.0 Å². The van der Waals surface area contributed by atoms with Gasteiger partial charge in [0.1, 0.15) is 11.6 Å². The van der Waals surface area contributed by atoms with Crippen LogP contribution in [-0.2, 0) is 13.0 Å². The Balaban J connectivity index is 1.32. The van der Waals surface area contributed by atoms with Gasteiger partial charge in [0.25, 0.3) is 5.91 Å². The van der Waals surface area contributed by atoms with Gasteiger partial charge in [-0.05, 0) is 56.2 Å². The summed E-state index contributed by atoms with van der Waals surface area (Å²) >= 11 is 0. The topological polar surface area (TPSA) is 56.2 Å². The number of nitrogens with zero attached hydrogens (tertiary/aromatic N) is 2. The Labute approximate surface area is 189 Å². The number of fused-ring (bicyclic) bond motifs is 1. The normalized spacial score (nSPS) is 10.9. The summed E-state index contributed by atoms with van der Waals surface area (Å²) < 4.78 is 8.13. The van der Waals surface area contributed by atoms with E-state index in [2.05, 4.69) is 22.0 Å². The second-order valence-corrected chi connectivity index (χ2v) is 7.91. The zero-order valence-corrected chi connectivity index (χ0v) is 18.5. The van der Waals surface area contributed by atoms with Crippen LogP contribution in [0.4, 0.5) is 0 Å². The standard InChI is InChI=1S/C27H29N3O2/c1-21-14-16-22(17-15-21)27(31)28-18-7-13-26-29-24-11-5-6-12-25(24)30(26)19-8-20-32-23-9-3-2-4-10-23/h2-6,9-12,14-17H,7-8,13,18-20H2,1H3,(H,28,31). The average Bonchev–Trinajstić information content (AvgIpc) is 3.18. The van der Waals surface area contributed by atoms with Crippen LogP contribution in [-0.4, -0.2) is 28.6 Å². The molecule has 0 saturated heterocycles. The van der Waals surface area contributed by atoms with Crippen LogP contribution in [0.1, 0.15) is 34.6 Å². The highest BCUT2D eigenvalue weighted by Crippen LogP contribution is 2.18. The molecule has 0 saturated carbocycles. The first-order chi connectivity index (χ1) is 15.7. The van der Waals surface area contributed by atoms with E-state index in [4.69, 9.17) is 9.72 Å². The maximum absolute atomic E-state index is 12.3. The van der Waals surface area contributed by atoms with Gasteiger partial charge >= 0.3 is 0 Å². The van der Waals surface area contributed by atoms with Gasteiger partial charge in [-0.15, -0.1) is 0 Å². The lowest BCUT2D eigenvalue weighted by Gasteiger charge is -2.11. The maximum Gasteiger partial charge on any atom is 0.251 e. The molecule has 0 aliphatic rings. The number of rotatable bonds is 10. The van der Waals surface area contributed by atoms with Crippen LogP contribution >= 0.6 is 0 Å². The lowest BCUT2D eigenvalue weighted by Crippen LogP contribution is -2.25. The summed E-state index contributed by atoms with van der Waals surface area (Å²) in [5.74, 6) is 1.92. The van der Waals surface area contributed by atoms with Crippen molar-refractivity contribution in [2.24, 2.45) is 0 Å². The second-order valence-electron chi connectivity index (χ2n) is 7.91. The van der Waals surface area contributed by atoms with E-state index >= 15 is 0 Å².